The van der Waals surface area contributed by atoms with Crippen LogP contribution in [0.5, 0.6) is 0 Å². The lowest BCUT2D eigenvalue weighted by atomic mass is 10.5. The molecule has 0 saturated carbocycles. The lowest BCUT2D eigenvalue weighted by Gasteiger charge is -1.95. The van der Waals surface area contributed by atoms with Crippen LogP contribution in [0, 0.1) is 6.92 Å². The van der Waals surface area contributed by atoms with Crippen LogP contribution in [-0.2, 0) is 5.75 Å². The third-order valence-corrected chi connectivity index (χ3v) is 3.82. The van der Waals surface area contributed by atoms with Crippen molar-refractivity contribution in [3.63, 3.8) is 0 Å². The Morgan fingerprint density at radius 3 is 3.07 bits per heavy atom. The van der Waals surface area contributed by atoms with Crippen molar-refractivity contribution in [2.24, 2.45) is 0 Å². The molecule has 0 radical (unpaired) electrons. The maximum absolute atomic E-state index is 5.88. The lowest BCUT2D eigenvalue weighted by Crippen LogP contribution is -1.81. The van der Waals surface area contributed by atoms with Crippen molar-refractivity contribution in [1.29, 1.82) is 0 Å². The van der Waals surface area contributed by atoms with Gasteiger partial charge >= 0.3 is 0 Å². The maximum atomic E-state index is 5.88. The van der Waals surface area contributed by atoms with Gasteiger partial charge in [0.15, 0.2) is 0 Å². The highest BCUT2D eigenvalue weighted by Gasteiger charge is 2.08. The van der Waals surface area contributed by atoms with Gasteiger partial charge in [-0.3, -0.25) is 0 Å². The summed E-state index contributed by atoms with van der Waals surface area (Å²) in [7, 11) is 0. The number of hydrogen-bond acceptors (Lipinski definition) is 5. The number of furan rings is 1. The number of nitrogens with zero attached hydrogens (tertiary/aromatic N) is 2. The van der Waals surface area contributed by atoms with E-state index in [1.54, 1.807) is 18.0 Å². The molecular weight excluding hydrogens is 240 g/mol. The Morgan fingerprint density at radius 2 is 2.50 bits per heavy atom. The standard InChI is InChI=1S/C8H7ClN2OS2/c1-5-7(2-3-12-5)13-4-6-8(9)14-11-10-6/h2-3H,4H2,1H3. The molecule has 0 amide bonds. The summed E-state index contributed by atoms with van der Waals surface area (Å²) in [6.45, 7) is 1.93. The van der Waals surface area contributed by atoms with E-state index in [0.29, 0.717) is 4.34 Å². The van der Waals surface area contributed by atoms with Crippen molar-refractivity contribution < 1.29 is 4.42 Å². The molecule has 0 spiro atoms. The minimum absolute atomic E-state index is 0.665. The van der Waals surface area contributed by atoms with Crippen molar-refractivity contribution in [3.8, 4) is 0 Å². The summed E-state index contributed by atoms with van der Waals surface area (Å²) in [6, 6.07) is 1.94. The molecule has 0 aliphatic heterocycles. The monoisotopic (exact) mass is 246 g/mol. The predicted molar refractivity (Wildman–Crippen MR) is 57.9 cm³/mol. The Hall–Kier alpha value is -0.520. The molecule has 0 saturated heterocycles. The van der Waals surface area contributed by atoms with Gasteiger partial charge in [-0.1, -0.05) is 16.1 Å². The van der Waals surface area contributed by atoms with E-state index >= 15 is 0 Å². The first-order valence-corrected chi connectivity index (χ1v) is 6.04. The van der Waals surface area contributed by atoms with Crippen LogP contribution >= 0.6 is 34.9 Å². The smallest absolute Gasteiger partial charge is 0.138 e. The zero-order valence-corrected chi connectivity index (χ0v) is 9.75. The number of halogens is 1. The molecule has 0 aliphatic carbocycles. The van der Waals surface area contributed by atoms with Crippen LogP contribution in [0.1, 0.15) is 11.5 Å². The number of thioether (sulfide) groups is 1. The van der Waals surface area contributed by atoms with Gasteiger partial charge < -0.3 is 4.42 Å². The molecule has 74 valence electrons. The Bertz CT molecular complexity index is 386. The van der Waals surface area contributed by atoms with Crippen molar-refractivity contribution in [2.45, 2.75) is 17.6 Å². The molecule has 2 aromatic rings. The van der Waals surface area contributed by atoms with E-state index in [4.69, 9.17) is 16.0 Å². The molecule has 0 unspecified atom stereocenters. The number of aryl methyl sites for hydroxylation is 1. The quantitative estimate of drug-likeness (QED) is 0.779. The van der Waals surface area contributed by atoms with E-state index in [1.807, 2.05) is 13.0 Å². The van der Waals surface area contributed by atoms with Gasteiger partial charge in [0.05, 0.1) is 6.26 Å². The Morgan fingerprint density at radius 1 is 1.64 bits per heavy atom. The molecule has 0 atom stereocenters. The van der Waals surface area contributed by atoms with Crippen LogP contribution < -0.4 is 0 Å². The van der Waals surface area contributed by atoms with Crippen LogP contribution in [0.2, 0.25) is 4.34 Å². The average Bonchev–Trinajstić information content (AvgIpc) is 2.72. The van der Waals surface area contributed by atoms with Gasteiger partial charge in [-0.05, 0) is 13.0 Å². The van der Waals surface area contributed by atoms with Crippen LogP contribution in [-0.4, -0.2) is 9.59 Å². The Kier molecular flexibility index (Phi) is 3.10. The van der Waals surface area contributed by atoms with Crippen LogP contribution in [0.4, 0.5) is 0 Å². The van der Waals surface area contributed by atoms with Gasteiger partial charge in [-0.15, -0.1) is 16.9 Å². The summed E-state index contributed by atoms with van der Waals surface area (Å²) < 4.78 is 9.61. The lowest BCUT2D eigenvalue weighted by molar-refractivity contribution is 0.527. The fourth-order valence-corrected chi connectivity index (χ4v) is 2.65. The molecule has 14 heavy (non-hydrogen) atoms. The molecule has 0 fully saturated rings. The molecule has 0 aromatic carbocycles. The fourth-order valence-electron chi connectivity index (χ4n) is 0.952. The van der Waals surface area contributed by atoms with Gasteiger partial charge in [0.1, 0.15) is 15.8 Å². The van der Waals surface area contributed by atoms with Crippen LogP contribution in [0.15, 0.2) is 21.6 Å². The van der Waals surface area contributed by atoms with Gasteiger partial charge in [-0.2, -0.15) is 0 Å². The largest absolute Gasteiger partial charge is 0.468 e. The SMILES string of the molecule is Cc1occc1SCc1nnsc1Cl. The molecule has 3 nitrogen and oxygen atoms in total. The average molecular weight is 247 g/mol. The summed E-state index contributed by atoms with van der Waals surface area (Å²) in [5.74, 6) is 1.66. The maximum Gasteiger partial charge on any atom is 0.138 e. The topological polar surface area (TPSA) is 38.9 Å². The zero-order valence-electron chi connectivity index (χ0n) is 7.36. The first kappa shape index (κ1) is 10.0. The van der Waals surface area contributed by atoms with Crippen molar-refractivity contribution in [3.05, 3.63) is 28.1 Å². The highest BCUT2D eigenvalue weighted by Crippen LogP contribution is 2.29. The van der Waals surface area contributed by atoms with Gasteiger partial charge in [0.2, 0.25) is 0 Å². The molecule has 0 bridgehead atoms. The minimum atomic E-state index is 0.665. The predicted octanol–water partition coefficient (Wildman–Crippen LogP) is 3.39. The van der Waals surface area contributed by atoms with Crippen molar-refractivity contribution in [1.82, 2.24) is 9.59 Å². The van der Waals surface area contributed by atoms with E-state index in [0.717, 1.165) is 22.1 Å². The van der Waals surface area contributed by atoms with Crippen LogP contribution in [0.25, 0.3) is 0 Å². The second-order valence-corrected chi connectivity index (χ2v) is 5.00. The summed E-state index contributed by atoms with van der Waals surface area (Å²) in [5, 5.41) is 3.93. The van der Waals surface area contributed by atoms with Gasteiger partial charge in [-0.25, -0.2) is 0 Å². The first-order chi connectivity index (χ1) is 6.77. The van der Waals surface area contributed by atoms with E-state index in [1.165, 1.54) is 11.5 Å². The van der Waals surface area contributed by atoms with E-state index in [9.17, 15) is 0 Å². The second-order valence-electron chi connectivity index (χ2n) is 2.62. The number of aromatic nitrogens is 2. The van der Waals surface area contributed by atoms with Crippen molar-refractivity contribution >= 4 is 34.9 Å². The molecular formula is C8H7ClN2OS2. The summed E-state index contributed by atoms with van der Waals surface area (Å²) in [6.07, 6.45) is 1.68. The summed E-state index contributed by atoms with van der Waals surface area (Å²) in [4.78, 5) is 1.12. The number of hydrogen-bond donors (Lipinski definition) is 0. The highest BCUT2D eigenvalue weighted by molar-refractivity contribution is 7.98. The summed E-state index contributed by atoms with van der Waals surface area (Å²) >= 11 is 8.74. The molecule has 6 heteroatoms. The molecule has 2 heterocycles. The fraction of sp³-hybridized carbons (Fsp3) is 0.250. The third-order valence-electron chi connectivity index (χ3n) is 1.69. The number of rotatable bonds is 3. The summed E-state index contributed by atoms with van der Waals surface area (Å²) in [5.41, 5.74) is 0.835. The van der Waals surface area contributed by atoms with Crippen molar-refractivity contribution in [2.75, 3.05) is 0 Å². The first-order valence-electron chi connectivity index (χ1n) is 3.91. The minimum Gasteiger partial charge on any atom is -0.468 e. The molecule has 2 rings (SSSR count). The van der Waals surface area contributed by atoms with E-state index in [-0.39, 0.29) is 0 Å². The van der Waals surface area contributed by atoms with E-state index < -0.39 is 0 Å². The Balaban J connectivity index is 2.02. The zero-order chi connectivity index (χ0) is 9.97. The molecule has 0 N–H and O–H groups in total. The normalized spacial score (nSPS) is 10.7. The Labute approximate surface area is 94.6 Å². The second kappa shape index (κ2) is 4.33. The van der Waals surface area contributed by atoms with E-state index in [2.05, 4.69) is 9.59 Å². The highest BCUT2D eigenvalue weighted by atomic mass is 35.5. The third kappa shape index (κ3) is 2.10. The molecule has 0 aliphatic rings. The van der Waals surface area contributed by atoms with Gasteiger partial charge in [0.25, 0.3) is 0 Å². The van der Waals surface area contributed by atoms with Crippen LogP contribution in [0.3, 0.4) is 0 Å². The van der Waals surface area contributed by atoms with Gasteiger partial charge in [0, 0.05) is 22.2 Å². The molecule has 2 aromatic heterocycles.